The van der Waals surface area contributed by atoms with Crippen molar-refractivity contribution < 1.29 is 14.6 Å². The summed E-state index contributed by atoms with van der Waals surface area (Å²) in [5, 5.41) is 18.4. The van der Waals surface area contributed by atoms with Crippen LogP contribution in [-0.2, 0) is 0 Å². The normalized spacial score (nSPS) is 19.1. The van der Waals surface area contributed by atoms with E-state index in [0.717, 1.165) is 34.4 Å². The number of methoxy groups -OCH3 is 1. The van der Waals surface area contributed by atoms with Gasteiger partial charge in [0.05, 0.1) is 48.6 Å². The standard InChI is InChI=1S/C23H22N8O3/c1-34-18-2-3-19-20(8-18)31(28-22(19)27-21-11-24-4-5-26-21)15-6-14(9-25-10-15)29-12-17-7-16(29)13-30(17)23(32)33/h2-6,8-11,16-17H,7,12-13H2,1H3,(H,32,33)(H,26,27,28)/t16-,17-/m0/s1. The minimum absolute atomic E-state index is 0.0173. The van der Waals surface area contributed by atoms with Gasteiger partial charge in [0, 0.05) is 43.0 Å². The number of amides is 1. The highest BCUT2D eigenvalue weighted by molar-refractivity contribution is 5.93. The van der Waals surface area contributed by atoms with Crippen LogP contribution in [-0.4, -0.2) is 73.1 Å². The van der Waals surface area contributed by atoms with Crippen molar-refractivity contribution in [3.8, 4) is 11.4 Å². The third kappa shape index (κ3) is 3.33. The molecule has 1 amide bonds. The highest BCUT2D eigenvalue weighted by atomic mass is 16.5. The zero-order valence-corrected chi connectivity index (χ0v) is 18.4. The van der Waals surface area contributed by atoms with Crippen molar-refractivity contribution in [1.82, 2.24) is 29.6 Å². The lowest BCUT2D eigenvalue weighted by Crippen LogP contribution is -2.48. The number of carbonyl (C=O) groups is 1. The molecule has 2 aliphatic heterocycles. The van der Waals surface area contributed by atoms with Gasteiger partial charge in [-0.3, -0.25) is 9.97 Å². The number of anilines is 3. The Morgan fingerprint density at radius 1 is 1.09 bits per heavy atom. The number of benzene rings is 1. The van der Waals surface area contributed by atoms with E-state index in [2.05, 4.69) is 25.2 Å². The molecule has 2 N–H and O–H groups in total. The van der Waals surface area contributed by atoms with E-state index in [4.69, 9.17) is 9.84 Å². The van der Waals surface area contributed by atoms with Crippen LogP contribution < -0.4 is 15.0 Å². The summed E-state index contributed by atoms with van der Waals surface area (Å²) in [7, 11) is 1.63. The number of piperazine rings is 1. The summed E-state index contributed by atoms with van der Waals surface area (Å²) >= 11 is 0. The second-order valence-corrected chi connectivity index (χ2v) is 8.39. The number of rotatable bonds is 5. The summed E-state index contributed by atoms with van der Waals surface area (Å²) in [4.78, 5) is 28.1. The second kappa shape index (κ2) is 7.87. The zero-order chi connectivity index (χ0) is 23.2. The first kappa shape index (κ1) is 20.2. The van der Waals surface area contributed by atoms with Crippen LogP contribution in [0.15, 0.2) is 55.2 Å². The molecule has 2 atom stereocenters. The smallest absolute Gasteiger partial charge is 0.407 e. The highest BCUT2D eigenvalue weighted by Gasteiger charge is 2.45. The van der Waals surface area contributed by atoms with Crippen LogP contribution in [0.5, 0.6) is 5.75 Å². The first-order chi connectivity index (χ1) is 16.6. The summed E-state index contributed by atoms with van der Waals surface area (Å²) in [6, 6.07) is 7.98. The number of hydrogen-bond acceptors (Lipinski definition) is 8. The predicted molar refractivity (Wildman–Crippen MR) is 125 cm³/mol. The summed E-state index contributed by atoms with van der Waals surface area (Å²) < 4.78 is 7.27. The molecule has 2 aliphatic rings. The summed E-state index contributed by atoms with van der Waals surface area (Å²) in [5.74, 6) is 1.95. The van der Waals surface area contributed by atoms with E-state index in [0.29, 0.717) is 24.7 Å². The molecule has 11 nitrogen and oxygen atoms in total. The lowest BCUT2D eigenvalue weighted by Gasteiger charge is -2.34. The van der Waals surface area contributed by atoms with Gasteiger partial charge in [-0.25, -0.2) is 14.5 Å². The van der Waals surface area contributed by atoms with Crippen molar-refractivity contribution in [2.24, 2.45) is 0 Å². The summed E-state index contributed by atoms with van der Waals surface area (Å²) in [6.45, 7) is 1.17. The van der Waals surface area contributed by atoms with Gasteiger partial charge < -0.3 is 25.0 Å². The summed E-state index contributed by atoms with van der Waals surface area (Å²) in [6.07, 6.45) is 8.45. The SMILES string of the molecule is COc1ccc2c(Nc3cnccn3)nn(-c3cncc(N4C[C@@H]5C[C@H]4CN5C(=O)O)c3)c2c1. The fraction of sp³-hybridized carbons (Fsp3) is 0.261. The molecule has 6 rings (SSSR count). The number of aromatic nitrogens is 5. The zero-order valence-electron chi connectivity index (χ0n) is 18.4. The lowest BCUT2D eigenvalue weighted by atomic mass is 10.2. The maximum absolute atomic E-state index is 11.4. The van der Waals surface area contributed by atoms with Crippen LogP contribution in [0.4, 0.5) is 22.1 Å². The Morgan fingerprint density at radius 3 is 2.71 bits per heavy atom. The third-order valence-electron chi connectivity index (χ3n) is 6.47. The Labute approximate surface area is 194 Å². The van der Waals surface area contributed by atoms with E-state index in [1.165, 1.54) is 4.90 Å². The Balaban J connectivity index is 1.38. The minimum atomic E-state index is -0.848. The van der Waals surface area contributed by atoms with Crippen LogP contribution in [0.25, 0.3) is 16.6 Å². The van der Waals surface area contributed by atoms with Gasteiger partial charge in [-0.05, 0) is 24.6 Å². The highest BCUT2D eigenvalue weighted by Crippen LogP contribution is 2.36. The number of likely N-dealkylation sites (tertiary alicyclic amines) is 1. The van der Waals surface area contributed by atoms with Gasteiger partial charge in [0.15, 0.2) is 5.82 Å². The molecule has 2 bridgehead atoms. The topological polar surface area (TPSA) is 122 Å². The fourth-order valence-corrected chi connectivity index (χ4v) is 4.90. The molecule has 34 heavy (non-hydrogen) atoms. The van der Waals surface area contributed by atoms with Crippen molar-refractivity contribution in [1.29, 1.82) is 0 Å². The van der Waals surface area contributed by atoms with E-state index in [9.17, 15) is 9.90 Å². The second-order valence-electron chi connectivity index (χ2n) is 8.39. The van der Waals surface area contributed by atoms with Crippen molar-refractivity contribution in [3.05, 3.63) is 55.2 Å². The van der Waals surface area contributed by atoms with E-state index in [-0.39, 0.29) is 12.1 Å². The van der Waals surface area contributed by atoms with Gasteiger partial charge in [-0.15, -0.1) is 5.10 Å². The molecule has 2 saturated heterocycles. The number of hydrogen-bond donors (Lipinski definition) is 2. The molecule has 4 aromatic rings. The Hall–Kier alpha value is -4.41. The van der Waals surface area contributed by atoms with Gasteiger partial charge in [0.25, 0.3) is 0 Å². The molecule has 1 aromatic carbocycles. The van der Waals surface area contributed by atoms with Crippen LogP contribution in [0.3, 0.4) is 0 Å². The predicted octanol–water partition coefficient (Wildman–Crippen LogP) is 2.90. The Morgan fingerprint density at radius 2 is 1.97 bits per heavy atom. The maximum atomic E-state index is 11.4. The fourth-order valence-electron chi connectivity index (χ4n) is 4.90. The maximum Gasteiger partial charge on any atom is 0.407 e. The number of nitrogens with zero attached hydrogens (tertiary/aromatic N) is 7. The molecular formula is C23H22N8O3. The van der Waals surface area contributed by atoms with Crippen molar-refractivity contribution in [2.45, 2.75) is 18.5 Å². The molecule has 3 aromatic heterocycles. The van der Waals surface area contributed by atoms with Crippen molar-refractivity contribution >= 4 is 34.3 Å². The average Bonchev–Trinajstić information content (AvgIpc) is 3.58. The quantitative estimate of drug-likeness (QED) is 0.465. The van der Waals surface area contributed by atoms with E-state index >= 15 is 0 Å². The minimum Gasteiger partial charge on any atom is -0.497 e. The van der Waals surface area contributed by atoms with Gasteiger partial charge >= 0.3 is 6.09 Å². The third-order valence-corrected chi connectivity index (χ3v) is 6.47. The molecule has 0 spiro atoms. The number of ether oxygens (including phenoxy) is 1. The van der Waals surface area contributed by atoms with E-state index in [1.54, 1.807) is 31.9 Å². The van der Waals surface area contributed by atoms with Gasteiger partial charge in [-0.1, -0.05) is 0 Å². The molecule has 172 valence electrons. The van der Waals surface area contributed by atoms with Gasteiger partial charge in [-0.2, -0.15) is 0 Å². The molecule has 0 aliphatic carbocycles. The average molecular weight is 458 g/mol. The first-order valence-electron chi connectivity index (χ1n) is 10.9. The van der Waals surface area contributed by atoms with Crippen LogP contribution >= 0.6 is 0 Å². The first-order valence-corrected chi connectivity index (χ1v) is 10.9. The molecule has 2 fully saturated rings. The Bertz CT molecular complexity index is 1380. The lowest BCUT2D eigenvalue weighted by molar-refractivity contribution is 0.137. The number of pyridine rings is 1. The van der Waals surface area contributed by atoms with Crippen LogP contribution in [0.2, 0.25) is 0 Å². The largest absolute Gasteiger partial charge is 0.497 e. The number of nitrogens with one attached hydrogen (secondary N) is 1. The number of carboxylic acid groups (broad SMARTS) is 1. The van der Waals surface area contributed by atoms with Gasteiger partial charge in [0.1, 0.15) is 11.6 Å². The molecule has 0 saturated carbocycles. The monoisotopic (exact) mass is 458 g/mol. The molecule has 5 heterocycles. The van der Waals surface area contributed by atoms with Crippen molar-refractivity contribution in [2.75, 3.05) is 30.4 Å². The molecule has 0 radical (unpaired) electrons. The van der Waals surface area contributed by atoms with Crippen LogP contribution in [0.1, 0.15) is 6.42 Å². The van der Waals surface area contributed by atoms with E-state index in [1.807, 2.05) is 35.1 Å². The Kier molecular flexibility index (Phi) is 4.68. The van der Waals surface area contributed by atoms with Crippen LogP contribution in [0, 0.1) is 0 Å². The summed E-state index contributed by atoms with van der Waals surface area (Å²) in [5.41, 5.74) is 2.59. The van der Waals surface area contributed by atoms with Crippen molar-refractivity contribution in [3.63, 3.8) is 0 Å². The van der Waals surface area contributed by atoms with Gasteiger partial charge in [0.2, 0.25) is 0 Å². The van der Waals surface area contributed by atoms with E-state index < -0.39 is 6.09 Å². The number of fused-ring (bicyclic) bond motifs is 3. The molecular weight excluding hydrogens is 436 g/mol. The molecule has 0 unspecified atom stereocenters. The molecule has 11 heteroatoms.